The van der Waals surface area contributed by atoms with E-state index in [-0.39, 0.29) is 17.8 Å². The van der Waals surface area contributed by atoms with E-state index in [0.29, 0.717) is 25.1 Å². The minimum atomic E-state index is -0.665. The highest BCUT2D eigenvalue weighted by atomic mass is 19.1. The molecule has 1 aliphatic rings. The zero-order chi connectivity index (χ0) is 15.6. The maximum Gasteiger partial charge on any atom is 0.248 e. The number of amides is 1. The maximum atomic E-state index is 13.1. The highest BCUT2D eigenvalue weighted by Crippen LogP contribution is 2.42. The van der Waals surface area contributed by atoms with Gasteiger partial charge in [-0.15, -0.1) is 5.10 Å². The Morgan fingerprint density at radius 1 is 1.55 bits per heavy atom. The highest BCUT2D eigenvalue weighted by Gasteiger charge is 2.53. The number of hydrogen-bond donors (Lipinski definition) is 1. The summed E-state index contributed by atoms with van der Waals surface area (Å²) in [4.78, 5) is 12.3. The number of tetrazole rings is 1. The van der Waals surface area contributed by atoms with E-state index in [1.165, 1.54) is 23.1 Å². The van der Waals surface area contributed by atoms with Crippen LogP contribution in [0.25, 0.3) is 0 Å². The van der Waals surface area contributed by atoms with Crippen molar-refractivity contribution in [3.63, 3.8) is 0 Å². The Hall–Kier alpha value is -2.51. The molecule has 1 atom stereocenters. The third kappa shape index (κ3) is 2.90. The van der Waals surface area contributed by atoms with Crippen molar-refractivity contribution in [2.24, 2.45) is 0 Å². The van der Waals surface area contributed by atoms with Crippen molar-refractivity contribution in [3.8, 4) is 5.75 Å². The van der Waals surface area contributed by atoms with Crippen molar-refractivity contribution in [3.05, 3.63) is 36.4 Å². The monoisotopic (exact) mass is 305 g/mol. The minimum Gasteiger partial charge on any atom is -0.489 e. The lowest BCUT2D eigenvalue weighted by atomic mass is 10.2. The SMILES string of the molecule is CC(CNC(=O)C1(n2cnnn2)CC1)Oc1cccc(F)c1. The summed E-state index contributed by atoms with van der Waals surface area (Å²) >= 11 is 0. The highest BCUT2D eigenvalue weighted by molar-refractivity contribution is 5.87. The molecule has 116 valence electrons. The molecule has 1 unspecified atom stereocenters. The van der Waals surface area contributed by atoms with Gasteiger partial charge < -0.3 is 10.1 Å². The molecule has 7 nitrogen and oxygen atoms in total. The van der Waals surface area contributed by atoms with Crippen LogP contribution in [-0.2, 0) is 10.3 Å². The molecule has 3 rings (SSSR count). The van der Waals surface area contributed by atoms with Crippen LogP contribution >= 0.6 is 0 Å². The van der Waals surface area contributed by atoms with Gasteiger partial charge in [-0.2, -0.15) is 0 Å². The first-order chi connectivity index (χ1) is 10.6. The lowest BCUT2D eigenvalue weighted by Gasteiger charge is -2.18. The molecular weight excluding hydrogens is 289 g/mol. The van der Waals surface area contributed by atoms with E-state index in [1.807, 2.05) is 6.92 Å². The molecule has 1 N–H and O–H groups in total. The summed E-state index contributed by atoms with van der Waals surface area (Å²) in [6.45, 7) is 2.13. The van der Waals surface area contributed by atoms with Gasteiger partial charge in [-0.1, -0.05) is 6.07 Å². The van der Waals surface area contributed by atoms with Crippen molar-refractivity contribution in [2.75, 3.05) is 6.54 Å². The topological polar surface area (TPSA) is 81.9 Å². The number of ether oxygens (including phenoxy) is 1. The van der Waals surface area contributed by atoms with Crippen LogP contribution in [0.1, 0.15) is 19.8 Å². The molecule has 2 aromatic rings. The fourth-order valence-corrected chi connectivity index (χ4v) is 2.25. The van der Waals surface area contributed by atoms with E-state index in [9.17, 15) is 9.18 Å². The number of halogens is 1. The number of nitrogens with one attached hydrogen (secondary N) is 1. The molecule has 22 heavy (non-hydrogen) atoms. The van der Waals surface area contributed by atoms with E-state index < -0.39 is 5.54 Å². The Bertz CT molecular complexity index is 657. The van der Waals surface area contributed by atoms with Crippen LogP contribution in [0.5, 0.6) is 5.75 Å². The van der Waals surface area contributed by atoms with Crippen molar-refractivity contribution in [2.45, 2.75) is 31.4 Å². The fourth-order valence-electron chi connectivity index (χ4n) is 2.25. The van der Waals surface area contributed by atoms with Gasteiger partial charge in [0.2, 0.25) is 5.91 Å². The van der Waals surface area contributed by atoms with Gasteiger partial charge in [0.1, 0.15) is 29.5 Å². The molecule has 0 aliphatic heterocycles. The second-order valence-corrected chi connectivity index (χ2v) is 5.38. The number of rotatable bonds is 6. The van der Waals surface area contributed by atoms with Crippen LogP contribution in [-0.4, -0.2) is 38.8 Å². The average molecular weight is 305 g/mol. The third-order valence-electron chi connectivity index (χ3n) is 3.62. The quantitative estimate of drug-likeness (QED) is 0.857. The number of aromatic nitrogens is 4. The summed E-state index contributed by atoms with van der Waals surface area (Å²) in [6, 6.07) is 5.90. The fraction of sp³-hybridized carbons (Fsp3) is 0.429. The maximum absolute atomic E-state index is 13.1. The molecule has 0 bridgehead atoms. The van der Waals surface area contributed by atoms with Gasteiger partial charge in [0, 0.05) is 6.07 Å². The Morgan fingerprint density at radius 3 is 3.00 bits per heavy atom. The zero-order valence-corrected chi connectivity index (χ0v) is 12.1. The second kappa shape index (κ2) is 5.70. The molecule has 0 radical (unpaired) electrons. The Kier molecular flexibility index (Phi) is 3.74. The van der Waals surface area contributed by atoms with Crippen molar-refractivity contribution in [1.82, 2.24) is 25.5 Å². The van der Waals surface area contributed by atoms with Crippen LogP contribution in [0.15, 0.2) is 30.6 Å². The lowest BCUT2D eigenvalue weighted by Crippen LogP contribution is -2.42. The van der Waals surface area contributed by atoms with E-state index in [1.54, 1.807) is 12.1 Å². The smallest absolute Gasteiger partial charge is 0.248 e. The molecule has 1 saturated carbocycles. The first kappa shape index (κ1) is 14.4. The minimum absolute atomic E-state index is 0.130. The number of carbonyl (C=O) groups is 1. The standard InChI is InChI=1S/C14H16FN5O2/c1-10(22-12-4-2-3-11(15)7-12)8-16-13(21)14(5-6-14)20-9-17-18-19-20/h2-4,7,9-10H,5-6,8H2,1H3,(H,16,21). The summed E-state index contributed by atoms with van der Waals surface area (Å²) in [5, 5.41) is 13.8. The van der Waals surface area contributed by atoms with Crippen LogP contribution < -0.4 is 10.1 Å². The summed E-state index contributed by atoms with van der Waals surface area (Å²) in [7, 11) is 0. The van der Waals surface area contributed by atoms with Crippen LogP contribution in [0.2, 0.25) is 0 Å². The number of nitrogens with zero attached hydrogens (tertiary/aromatic N) is 4. The van der Waals surface area contributed by atoms with E-state index in [4.69, 9.17) is 4.74 Å². The predicted octanol–water partition coefficient (Wildman–Crippen LogP) is 0.885. The molecule has 1 aromatic carbocycles. The average Bonchev–Trinajstić information content (AvgIpc) is 3.12. The first-order valence-corrected chi connectivity index (χ1v) is 7.04. The Labute approximate surface area is 126 Å². The summed E-state index contributed by atoms with van der Waals surface area (Å²) in [6.07, 6.45) is 2.58. The molecule has 1 amide bonds. The lowest BCUT2D eigenvalue weighted by molar-refractivity contribution is -0.126. The molecule has 0 saturated heterocycles. The Morgan fingerprint density at radius 2 is 2.36 bits per heavy atom. The van der Waals surface area contributed by atoms with Gasteiger partial charge in [-0.3, -0.25) is 4.79 Å². The number of benzene rings is 1. The molecule has 1 fully saturated rings. The van der Waals surface area contributed by atoms with Crippen molar-refractivity contribution in [1.29, 1.82) is 0 Å². The Balaban J connectivity index is 1.53. The molecule has 1 aliphatic carbocycles. The zero-order valence-electron chi connectivity index (χ0n) is 12.1. The summed E-state index contributed by atoms with van der Waals surface area (Å²) in [5.41, 5.74) is -0.665. The van der Waals surface area contributed by atoms with E-state index in [0.717, 1.165) is 0 Å². The number of carbonyl (C=O) groups excluding carboxylic acids is 1. The second-order valence-electron chi connectivity index (χ2n) is 5.38. The molecule has 1 aromatic heterocycles. The van der Waals surface area contributed by atoms with Gasteiger partial charge in [-0.05, 0) is 42.3 Å². The normalized spacial score (nSPS) is 16.8. The van der Waals surface area contributed by atoms with Crippen molar-refractivity contribution >= 4 is 5.91 Å². The van der Waals surface area contributed by atoms with E-state index >= 15 is 0 Å². The summed E-state index contributed by atoms with van der Waals surface area (Å²) < 4.78 is 20.1. The first-order valence-electron chi connectivity index (χ1n) is 7.04. The van der Waals surface area contributed by atoms with Crippen molar-refractivity contribution < 1.29 is 13.9 Å². The number of hydrogen-bond acceptors (Lipinski definition) is 5. The van der Waals surface area contributed by atoms with Gasteiger partial charge in [0.25, 0.3) is 0 Å². The summed E-state index contributed by atoms with van der Waals surface area (Å²) in [5.74, 6) is -0.0535. The largest absolute Gasteiger partial charge is 0.489 e. The van der Waals surface area contributed by atoms with Crippen LogP contribution in [0.3, 0.4) is 0 Å². The molecule has 8 heteroatoms. The van der Waals surface area contributed by atoms with Gasteiger partial charge in [0.05, 0.1) is 6.54 Å². The van der Waals surface area contributed by atoms with Crippen LogP contribution in [0.4, 0.5) is 4.39 Å². The van der Waals surface area contributed by atoms with Gasteiger partial charge >= 0.3 is 0 Å². The van der Waals surface area contributed by atoms with Crippen LogP contribution in [0, 0.1) is 5.82 Å². The predicted molar refractivity (Wildman–Crippen MR) is 74.5 cm³/mol. The van der Waals surface area contributed by atoms with E-state index in [2.05, 4.69) is 20.8 Å². The molecule has 1 heterocycles. The van der Waals surface area contributed by atoms with Gasteiger partial charge in [-0.25, -0.2) is 9.07 Å². The third-order valence-corrected chi connectivity index (χ3v) is 3.62. The molecular formula is C14H16FN5O2. The molecule has 0 spiro atoms. The van der Waals surface area contributed by atoms with Gasteiger partial charge in [0.15, 0.2) is 0 Å².